The van der Waals surface area contributed by atoms with Gasteiger partial charge in [0.25, 0.3) is 0 Å². The average Bonchev–Trinajstić information content (AvgIpc) is 2.97. The number of carbonyl (C=O) groups is 1. The van der Waals surface area contributed by atoms with Crippen LogP contribution < -0.4 is 10.2 Å². The summed E-state index contributed by atoms with van der Waals surface area (Å²) in [5.74, 6) is 0.00482. The van der Waals surface area contributed by atoms with Gasteiger partial charge in [0.1, 0.15) is 0 Å². The van der Waals surface area contributed by atoms with E-state index in [-0.39, 0.29) is 11.8 Å². The van der Waals surface area contributed by atoms with Crippen molar-refractivity contribution in [1.82, 2.24) is 9.62 Å². The molecule has 0 spiro atoms. The number of aryl methyl sites for hydroxylation is 1. The minimum atomic E-state index is -3.46. The summed E-state index contributed by atoms with van der Waals surface area (Å²) in [6.45, 7) is 6.89. The molecule has 156 valence electrons. The quantitative estimate of drug-likeness (QED) is 0.737. The Bertz CT molecular complexity index is 733. The Morgan fingerprint density at radius 3 is 2.29 bits per heavy atom. The van der Waals surface area contributed by atoms with Crippen molar-refractivity contribution in [3.05, 3.63) is 29.8 Å². The first kappa shape index (κ1) is 21.3. The fraction of sp³-hybridized carbons (Fsp3) is 0.667. The zero-order valence-electron chi connectivity index (χ0n) is 17.0. The van der Waals surface area contributed by atoms with E-state index in [1.165, 1.54) is 43.1 Å². The SMILES string of the molecule is Cc1ccc(S(=O)(=O)N2CCC(C(=O)NCC[NH+]3CCCCCC3)CC2)cc1. The summed E-state index contributed by atoms with van der Waals surface area (Å²) < 4.78 is 27.1. The third-order valence-corrected chi connectivity index (χ3v) is 7.98. The Balaban J connectivity index is 1.44. The lowest BCUT2D eigenvalue weighted by Crippen LogP contribution is -3.12. The largest absolute Gasteiger partial charge is 0.350 e. The Kier molecular flexibility index (Phi) is 7.48. The van der Waals surface area contributed by atoms with Gasteiger partial charge in [-0.2, -0.15) is 4.31 Å². The molecule has 0 saturated carbocycles. The maximum Gasteiger partial charge on any atom is 0.243 e. The molecular formula is C21H34N3O3S+. The van der Waals surface area contributed by atoms with E-state index in [4.69, 9.17) is 0 Å². The zero-order chi connectivity index (χ0) is 20.0. The minimum Gasteiger partial charge on any atom is -0.350 e. The van der Waals surface area contributed by atoms with Crippen molar-refractivity contribution >= 4 is 15.9 Å². The summed E-state index contributed by atoms with van der Waals surface area (Å²) >= 11 is 0. The molecule has 3 rings (SSSR count). The molecule has 0 aliphatic carbocycles. The second-order valence-corrected chi connectivity index (χ2v) is 10.1. The highest BCUT2D eigenvalue weighted by Gasteiger charge is 2.32. The summed E-state index contributed by atoms with van der Waals surface area (Å²) in [7, 11) is -3.46. The number of likely N-dealkylation sites (tertiary alicyclic amines) is 1. The number of carbonyl (C=O) groups excluding carboxylic acids is 1. The van der Waals surface area contributed by atoms with Gasteiger partial charge < -0.3 is 10.2 Å². The van der Waals surface area contributed by atoms with Gasteiger partial charge in [0.15, 0.2) is 0 Å². The van der Waals surface area contributed by atoms with E-state index in [2.05, 4.69) is 5.32 Å². The lowest BCUT2D eigenvalue weighted by Gasteiger charge is -2.30. The molecule has 28 heavy (non-hydrogen) atoms. The molecule has 2 aliphatic heterocycles. The van der Waals surface area contributed by atoms with Crippen molar-refractivity contribution < 1.29 is 18.1 Å². The first-order chi connectivity index (χ1) is 13.5. The van der Waals surface area contributed by atoms with Gasteiger partial charge in [-0.3, -0.25) is 4.79 Å². The fourth-order valence-electron chi connectivity index (χ4n) is 4.20. The van der Waals surface area contributed by atoms with Gasteiger partial charge in [-0.25, -0.2) is 8.42 Å². The van der Waals surface area contributed by atoms with Crippen LogP contribution >= 0.6 is 0 Å². The molecule has 1 aromatic carbocycles. The number of nitrogens with one attached hydrogen (secondary N) is 2. The van der Waals surface area contributed by atoms with Crippen LogP contribution in [0.4, 0.5) is 0 Å². The Morgan fingerprint density at radius 1 is 1.07 bits per heavy atom. The van der Waals surface area contributed by atoms with Crippen LogP contribution in [0.5, 0.6) is 0 Å². The molecule has 2 fully saturated rings. The van der Waals surface area contributed by atoms with Gasteiger partial charge in [0.05, 0.1) is 31.1 Å². The molecule has 7 heteroatoms. The molecular weight excluding hydrogens is 374 g/mol. The van der Waals surface area contributed by atoms with Crippen LogP contribution in [0.1, 0.15) is 44.1 Å². The van der Waals surface area contributed by atoms with Crippen molar-refractivity contribution in [2.75, 3.05) is 39.3 Å². The van der Waals surface area contributed by atoms with Crippen molar-refractivity contribution in [2.24, 2.45) is 5.92 Å². The highest BCUT2D eigenvalue weighted by molar-refractivity contribution is 7.89. The van der Waals surface area contributed by atoms with Crippen LogP contribution in [-0.4, -0.2) is 57.9 Å². The van der Waals surface area contributed by atoms with Crippen LogP contribution in [0.25, 0.3) is 0 Å². The topological polar surface area (TPSA) is 70.9 Å². The van der Waals surface area contributed by atoms with E-state index in [0.29, 0.717) is 30.8 Å². The number of rotatable bonds is 6. The lowest BCUT2D eigenvalue weighted by atomic mass is 9.97. The number of benzene rings is 1. The van der Waals surface area contributed by atoms with Gasteiger partial charge >= 0.3 is 0 Å². The number of nitrogens with zero attached hydrogens (tertiary/aromatic N) is 1. The van der Waals surface area contributed by atoms with Crippen LogP contribution in [-0.2, 0) is 14.8 Å². The molecule has 2 heterocycles. The Labute approximate surface area is 169 Å². The molecule has 0 radical (unpaired) electrons. The summed E-state index contributed by atoms with van der Waals surface area (Å²) in [6.07, 6.45) is 6.43. The lowest BCUT2D eigenvalue weighted by molar-refractivity contribution is -0.898. The Morgan fingerprint density at radius 2 is 1.68 bits per heavy atom. The highest BCUT2D eigenvalue weighted by Crippen LogP contribution is 2.24. The van der Waals surface area contributed by atoms with E-state index >= 15 is 0 Å². The van der Waals surface area contributed by atoms with Crippen LogP contribution in [0.3, 0.4) is 0 Å². The number of hydrogen-bond donors (Lipinski definition) is 2. The second-order valence-electron chi connectivity index (χ2n) is 8.20. The van der Waals surface area contributed by atoms with Crippen molar-refractivity contribution in [3.63, 3.8) is 0 Å². The summed E-state index contributed by atoms with van der Waals surface area (Å²) in [5, 5.41) is 3.08. The van der Waals surface area contributed by atoms with Crippen molar-refractivity contribution in [3.8, 4) is 0 Å². The van der Waals surface area contributed by atoms with Gasteiger partial charge in [0, 0.05) is 19.0 Å². The second kappa shape index (κ2) is 9.85. The molecule has 1 amide bonds. The van der Waals surface area contributed by atoms with E-state index in [1.54, 1.807) is 17.0 Å². The Hall–Kier alpha value is -1.44. The number of quaternary nitrogens is 1. The first-order valence-corrected chi connectivity index (χ1v) is 12.1. The fourth-order valence-corrected chi connectivity index (χ4v) is 5.67. The molecule has 2 aliphatic rings. The first-order valence-electron chi connectivity index (χ1n) is 10.6. The monoisotopic (exact) mass is 408 g/mol. The number of hydrogen-bond acceptors (Lipinski definition) is 3. The minimum absolute atomic E-state index is 0.0800. The maximum atomic E-state index is 12.8. The van der Waals surface area contributed by atoms with Crippen molar-refractivity contribution in [1.29, 1.82) is 0 Å². The molecule has 0 aromatic heterocycles. The number of amides is 1. The summed E-state index contributed by atoms with van der Waals surface area (Å²) in [4.78, 5) is 14.4. The molecule has 0 unspecified atom stereocenters. The third kappa shape index (κ3) is 5.55. The van der Waals surface area contributed by atoms with Crippen LogP contribution in [0, 0.1) is 12.8 Å². The molecule has 0 bridgehead atoms. The number of sulfonamides is 1. The predicted octanol–water partition coefficient (Wildman–Crippen LogP) is 0.971. The van der Waals surface area contributed by atoms with Gasteiger partial charge in [0.2, 0.25) is 15.9 Å². The van der Waals surface area contributed by atoms with E-state index in [9.17, 15) is 13.2 Å². The maximum absolute atomic E-state index is 12.8. The van der Waals surface area contributed by atoms with E-state index in [0.717, 1.165) is 18.7 Å². The third-order valence-electron chi connectivity index (χ3n) is 6.07. The highest BCUT2D eigenvalue weighted by atomic mass is 32.2. The van der Waals surface area contributed by atoms with Crippen LogP contribution in [0.2, 0.25) is 0 Å². The molecule has 1 aromatic rings. The standard InChI is InChI=1S/C21H33N3O3S/c1-18-6-8-20(9-7-18)28(26,27)24-15-10-19(11-16-24)21(25)22-12-17-23-13-4-2-3-5-14-23/h6-9,19H,2-5,10-17H2,1H3,(H,22,25)/p+1. The zero-order valence-corrected chi connectivity index (χ0v) is 17.8. The van der Waals surface area contributed by atoms with Crippen molar-refractivity contribution in [2.45, 2.75) is 50.3 Å². The number of piperidine rings is 1. The summed E-state index contributed by atoms with van der Waals surface area (Å²) in [6, 6.07) is 6.96. The molecule has 6 nitrogen and oxygen atoms in total. The molecule has 2 N–H and O–H groups in total. The smallest absolute Gasteiger partial charge is 0.243 e. The molecule has 2 saturated heterocycles. The molecule has 0 atom stereocenters. The van der Waals surface area contributed by atoms with Gasteiger partial charge in [-0.05, 0) is 57.6 Å². The normalized spacial score (nSPS) is 20.6. The van der Waals surface area contributed by atoms with Gasteiger partial charge in [-0.15, -0.1) is 0 Å². The van der Waals surface area contributed by atoms with E-state index < -0.39 is 10.0 Å². The average molecular weight is 409 g/mol. The van der Waals surface area contributed by atoms with Crippen LogP contribution in [0.15, 0.2) is 29.2 Å². The van der Waals surface area contributed by atoms with E-state index in [1.807, 2.05) is 19.1 Å². The predicted molar refractivity (Wildman–Crippen MR) is 110 cm³/mol. The van der Waals surface area contributed by atoms with Gasteiger partial charge in [-0.1, -0.05) is 17.7 Å². The summed E-state index contributed by atoms with van der Waals surface area (Å²) in [5.41, 5.74) is 1.04.